The number of amides is 1. The van der Waals surface area contributed by atoms with E-state index in [0.29, 0.717) is 24.9 Å². The zero-order valence-corrected chi connectivity index (χ0v) is 18.8. The van der Waals surface area contributed by atoms with Gasteiger partial charge in [0, 0.05) is 48.9 Å². The average Bonchev–Trinajstić information content (AvgIpc) is 3.06. The van der Waals surface area contributed by atoms with Crippen LogP contribution in [0.25, 0.3) is 11.4 Å². The van der Waals surface area contributed by atoms with Gasteiger partial charge in [-0.2, -0.15) is 4.98 Å². The summed E-state index contributed by atoms with van der Waals surface area (Å²) in [5, 5.41) is 0. The molecule has 0 spiro atoms. The summed E-state index contributed by atoms with van der Waals surface area (Å²) >= 11 is 0. The van der Waals surface area contributed by atoms with Crippen molar-refractivity contribution in [1.82, 2.24) is 19.9 Å². The Morgan fingerprint density at radius 1 is 1.06 bits per heavy atom. The molecule has 1 aromatic carbocycles. The summed E-state index contributed by atoms with van der Waals surface area (Å²) < 4.78 is 5.90. The van der Waals surface area contributed by atoms with Crippen LogP contribution in [0, 0.1) is 5.92 Å². The number of benzene rings is 1. The monoisotopic (exact) mass is 430 g/mol. The lowest BCUT2D eigenvalue weighted by atomic mass is 9.98. The second-order valence-corrected chi connectivity index (χ2v) is 8.18. The van der Waals surface area contributed by atoms with Gasteiger partial charge < -0.3 is 9.64 Å². The normalized spacial score (nSPS) is 15.5. The SMILES string of the molecule is CCOc1nc(-c2ccccc2)nc2c1CCC(C(=O)N(C)CCc1ccccn1)CC2. The Hall–Kier alpha value is -3.28. The highest BCUT2D eigenvalue weighted by molar-refractivity contribution is 5.78. The second kappa shape index (κ2) is 10.4. The second-order valence-electron chi connectivity index (χ2n) is 8.18. The summed E-state index contributed by atoms with van der Waals surface area (Å²) in [7, 11) is 1.89. The van der Waals surface area contributed by atoms with E-state index in [2.05, 4.69) is 4.98 Å². The van der Waals surface area contributed by atoms with Crippen molar-refractivity contribution in [3.05, 3.63) is 71.7 Å². The lowest BCUT2D eigenvalue weighted by Gasteiger charge is -2.22. The van der Waals surface area contributed by atoms with E-state index < -0.39 is 0 Å². The van der Waals surface area contributed by atoms with Crippen LogP contribution >= 0.6 is 0 Å². The Balaban J connectivity index is 1.48. The third-order valence-electron chi connectivity index (χ3n) is 6.00. The molecule has 32 heavy (non-hydrogen) atoms. The van der Waals surface area contributed by atoms with Crippen LogP contribution in [-0.2, 0) is 24.1 Å². The van der Waals surface area contributed by atoms with Crippen LogP contribution in [0.1, 0.15) is 36.7 Å². The van der Waals surface area contributed by atoms with Crippen LogP contribution < -0.4 is 4.74 Å². The number of pyridine rings is 1. The zero-order chi connectivity index (χ0) is 22.3. The first-order valence-electron chi connectivity index (χ1n) is 11.4. The zero-order valence-electron chi connectivity index (χ0n) is 18.8. The Kier molecular flexibility index (Phi) is 7.10. The van der Waals surface area contributed by atoms with Gasteiger partial charge in [-0.3, -0.25) is 9.78 Å². The molecule has 2 aromatic heterocycles. The molecule has 0 N–H and O–H groups in total. The van der Waals surface area contributed by atoms with Gasteiger partial charge in [0.05, 0.1) is 12.3 Å². The molecule has 0 aliphatic heterocycles. The van der Waals surface area contributed by atoms with E-state index in [1.54, 1.807) is 6.20 Å². The van der Waals surface area contributed by atoms with E-state index >= 15 is 0 Å². The topological polar surface area (TPSA) is 68.2 Å². The summed E-state index contributed by atoms with van der Waals surface area (Å²) in [5.41, 5.74) is 4.04. The lowest BCUT2D eigenvalue weighted by Crippen LogP contribution is -2.34. The molecule has 6 heteroatoms. The third kappa shape index (κ3) is 5.13. The van der Waals surface area contributed by atoms with Gasteiger partial charge in [0.2, 0.25) is 11.8 Å². The molecule has 0 saturated carbocycles. The van der Waals surface area contributed by atoms with Crippen molar-refractivity contribution in [1.29, 1.82) is 0 Å². The highest BCUT2D eigenvalue weighted by Gasteiger charge is 2.28. The largest absolute Gasteiger partial charge is 0.478 e. The highest BCUT2D eigenvalue weighted by atomic mass is 16.5. The van der Waals surface area contributed by atoms with Gasteiger partial charge in [0.25, 0.3) is 0 Å². The number of rotatable bonds is 7. The molecule has 0 saturated heterocycles. The van der Waals surface area contributed by atoms with Gasteiger partial charge in [0.1, 0.15) is 0 Å². The maximum Gasteiger partial charge on any atom is 0.225 e. The van der Waals surface area contributed by atoms with Gasteiger partial charge in [-0.25, -0.2) is 4.98 Å². The number of likely N-dealkylation sites (N-methyl/N-ethyl adjacent to an activating group) is 1. The fourth-order valence-electron chi connectivity index (χ4n) is 4.21. The summed E-state index contributed by atoms with van der Waals surface area (Å²) in [6.07, 6.45) is 5.63. The molecule has 1 aliphatic carbocycles. The van der Waals surface area contributed by atoms with Crippen molar-refractivity contribution < 1.29 is 9.53 Å². The molecule has 1 atom stereocenters. The highest BCUT2D eigenvalue weighted by Crippen LogP contribution is 2.32. The molecule has 4 rings (SSSR count). The van der Waals surface area contributed by atoms with E-state index in [4.69, 9.17) is 14.7 Å². The van der Waals surface area contributed by atoms with Crippen LogP contribution in [0.2, 0.25) is 0 Å². The van der Waals surface area contributed by atoms with E-state index in [1.165, 1.54) is 0 Å². The smallest absolute Gasteiger partial charge is 0.225 e. The number of carbonyl (C=O) groups is 1. The van der Waals surface area contributed by atoms with Crippen LogP contribution in [0.3, 0.4) is 0 Å². The molecule has 0 fully saturated rings. The number of carbonyl (C=O) groups excluding carboxylic acids is 1. The Morgan fingerprint density at radius 2 is 1.84 bits per heavy atom. The molecule has 2 heterocycles. The maximum atomic E-state index is 13.2. The quantitative estimate of drug-likeness (QED) is 0.527. The Bertz CT molecular complexity index is 1040. The molecular formula is C26H30N4O2. The van der Waals surface area contributed by atoms with Gasteiger partial charge in [-0.15, -0.1) is 0 Å². The molecule has 3 aromatic rings. The Labute approximate surface area is 189 Å². The van der Waals surface area contributed by atoms with Crippen molar-refractivity contribution in [3.8, 4) is 17.3 Å². The average molecular weight is 431 g/mol. The number of hydrogen-bond donors (Lipinski definition) is 0. The number of aromatic nitrogens is 3. The van der Waals surface area contributed by atoms with E-state index in [0.717, 1.165) is 54.6 Å². The number of fused-ring (bicyclic) bond motifs is 1. The van der Waals surface area contributed by atoms with Gasteiger partial charge in [-0.1, -0.05) is 36.4 Å². The fourth-order valence-corrected chi connectivity index (χ4v) is 4.21. The molecule has 1 amide bonds. The first-order chi connectivity index (χ1) is 15.7. The third-order valence-corrected chi connectivity index (χ3v) is 6.00. The van der Waals surface area contributed by atoms with Crippen LogP contribution in [0.4, 0.5) is 0 Å². The number of nitrogens with zero attached hydrogens (tertiary/aromatic N) is 4. The van der Waals surface area contributed by atoms with Gasteiger partial charge in [0.15, 0.2) is 5.82 Å². The molecule has 6 nitrogen and oxygen atoms in total. The summed E-state index contributed by atoms with van der Waals surface area (Å²) in [4.78, 5) is 29.0. The molecule has 0 radical (unpaired) electrons. The minimum atomic E-state index is -0.0208. The standard InChI is InChI=1S/C26H30N4O2/c1-3-32-25-22-14-12-20(26(31)30(2)18-16-21-11-7-8-17-27-21)13-15-23(22)28-24(29-25)19-9-5-4-6-10-19/h4-11,17,20H,3,12-16,18H2,1-2H3. The van der Waals surface area contributed by atoms with Crippen molar-refractivity contribution in [2.45, 2.75) is 39.0 Å². The Morgan fingerprint density at radius 3 is 2.59 bits per heavy atom. The van der Waals surface area contributed by atoms with E-state index in [1.807, 2.05) is 67.4 Å². The van der Waals surface area contributed by atoms with E-state index in [9.17, 15) is 4.79 Å². The van der Waals surface area contributed by atoms with Crippen molar-refractivity contribution in [2.24, 2.45) is 5.92 Å². The summed E-state index contributed by atoms with van der Waals surface area (Å²) in [6.45, 7) is 3.19. The number of ether oxygens (including phenoxy) is 1. The molecule has 1 unspecified atom stereocenters. The van der Waals surface area contributed by atoms with Gasteiger partial charge in [-0.05, 0) is 44.7 Å². The van der Waals surface area contributed by atoms with Crippen LogP contribution in [0.15, 0.2) is 54.7 Å². The predicted octanol–water partition coefficient (Wildman–Crippen LogP) is 4.13. The minimum Gasteiger partial charge on any atom is -0.478 e. The molecule has 1 aliphatic rings. The first-order valence-corrected chi connectivity index (χ1v) is 11.4. The molecule has 0 bridgehead atoms. The van der Waals surface area contributed by atoms with Crippen molar-refractivity contribution >= 4 is 5.91 Å². The fraction of sp³-hybridized carbons (Fsp3) is 0.385. The number of aryl methyl sites for hydroxylation is 1. The van der Waals surface area contributed by atoms with E-state index in [-0.39, 0.29) is 11.8 Å². The van der Waals surface area contributed by atoms with Crippen molar-refractivity contribution in [2.75, 3.05) is 20.2 Å². The van der Waals surface area contributed by atoms with Crippen LogP contribution in [0.5, 0.6) is 5.88 Å². The number of hydrogen-bond acceptors (Lipinski definition) is 5. The summed E-state index contributed by atoms with van der Waals surface area (Å²) in [6, 6.07) is 15.9. The predicted molar refractivity (Wildman–Crippen MR) is 124 cm³/mol. The first kappa shape index (κ1) is 21.9. The van der Waals surface area contributed by atoms with Crippen LogP contribution in [-0.4, -0.2) is 46.0 Å². The van der Waals surface area contributed by atoms with Crippen molar-refractivity contribution in [3.63, 3.8) is 0 Å². The molecule has 166 valence electrons. The minimum absolute atomic E-state index is 0.0208. The lowest BCUT2D eigenvalue weighted by molar-refractivity contribution is -0.134. The summed E-state index contributed by atoms with van der Waals surface area (Å²) in [5.74, 6) is 1.52. The molecular weight excluding hydrogens is 400 g/mol. The van der Waals surface area contributed by atoms with Gasteiger partial charge >= 0.3 is 0 Å². The maximum absolute atomic E-state index is 13.2.